The summed E-state index contributed by atoms with van der Waals surface area (Å²) in [5.41, 5.74) is 6.32. The number of carbonyl (C=O) groups excluding carboxylic acids is 1. The molecule has 2 heterocycles. The van der Waals surface area contributed by atoms with Gasteiger partial charge in [-0.15, -0.1) is 11.3 Å². The number of rotatable bonds is 7. The number of nitrogens with zero attached hydrogens (tertiary/aromatic N) is 2. The number of nitrogens with one attached hydrogen (secondary N) is 1. The molecular weight excluding hydrogens is 497 g/mol. The van der Waals surface area contributed by atoms with E-state index in [1.54, 1.807) is 29.7 Å². The third-order valence-corrected chi connectivity index (χ3v) is 7.49. The van der Waals surface area contributed by atoms with Crippen LogP contribution in [0, 0.1) is 13.8 Å². The number of aromatic nitrogens is 1. The van der Waals surface area contributed by atoms with E-state index in [2.05, 4.69) is 10.5 Å². The molecule has 1 amide bonds. The van der Waals surface area contributed by atoms with Crippen LogP contribution in [-0.2, 0) is 17.6 Å². The molecule has 0 radical (unpaired) electrons. The number of benzene rings is 1. The molecule has 0 aliphatic heterocycles. The smallest absolute Gasteiger partial charge is 0.339 e. The summed E-state index contributed by atoms with van der Waals surface area (Å²) in [7, 11) is 0. The van der Waals surface area contributed by atoms with Gasteiger partial charge < -0.3 is 14.4 Å². The van der Waals surface area contributed by atoms with Crippen molar-refractivity contribution in [2.75, 3.05) is 6.61 Å². The van der Waals surface area contributed by atoms with Crippen LogP contribution in [0.3, 0.4) is 0 Å². The van der Waals surface area contributed by atoms with Gasteiger partial charge in [-0.25, -0.2) is 10.2 Å². The lowest BCUT2D eigenvalue weighted by Gasteiger charge is -2.11. The van der Waals surface area contributed by atoms with Gasteiger partial charge in [0.1, 0.15) is 10.8 Å². The van der Waals surface area contributed by atoms with Gasteiger partial charge in [0.25, 0.3) is 5.91 Å². The molecule has 34 heavy (non-hydrogen) atoms. The molecule has 0 atom stereocenters. The van der Waals surface area contributed by atoms with Gasteiger partial charge in [0.2, 0.25) is 0 Å². The highest BCUT2D eigenvalue weighted by Gasteiger charge is 2.27. The largest absolute Gasteiger partial charge is 0.482 e. The van der Waals surface area contributed by atoms with Gasteiger partial charge in [-0.2, -0.15) is 5.10 Å². The van der Waals surface area contributed by atoms with Crippen LogP contribution in [0.1, 0.15) is 50.6 Å². The number of aryl methyl sites for hydroxylation is 2. The number of carboxylic acid groups (broad SMARTS) is 1. The maximum Gasteiger partial charge on any atom is 0.339 e. The van der Waals surface area contributed by atoms with Crippen LogP contribution in [0.25, 0.3) is 5.00 Å². The molecule has 178 valence electrons. The Balaban J connectivity index is 1.48. The molecule has 0 fully saturated rings. The minimum absolute atomic E-state index is 0.263. The van der Waals surface area contributed by atoms with Crippen molar-refractivity contribution < 1.29 is 19.4 Å². The summed E-state index contributed by atoms with van der Waals surface area (Å²) < 4.78 is 7.36. The first-order valence-corrected chi connectivity index (χ1v) is 12.3. The molecule has 10 heteroatoms. The summed E-state index contributed by atoms with van der Waals surface area (Å²) in [5, 5.41) is 15.5. The Morgan fingerprint density at radius 1 is 1.24 bits per heavy atom. The van der Waals surface area contributed by atoms with Gasteiger partial charge in [0, 0.05) is 26.9 Å². The van der Waals surface area contributed by atoms with Crippen LogP contribution >= 0.6 is 34.5 Å². The normalized spacial score (nSPS) is 13.2. The zero-order valence-electron chi connectivity index (χ0n) is 18.7. The summed E-state index contributed by atoms with van der Waals surface area (Å²) >= 11 is 13.4. The van der Waals surface area contributed by atoms with Crippen molar-refractivity contribution in [2.45, 2.75) is 39.5 Å². The molecule has 2 aromatic heterocycles. The van der Waals surface area contributed by atoms with Crippen molar-refractivity contribution in [1.29, 1.82) is 0 Å². The number of hydrazone groups is 1. The Morgan fingerprint density at radius 3 is 2.74 bits per heavy atom. The number of fused-ring (bicyclic) bond motifs is 1. The number of hydrogen-bond donors (Lipinski definition) is 2. The van der Waals surface area contributed by atoms with Crippen molar-refractivity contribution in [2.24, 2.45) is 5.10 Å². The highest BCUT2D eigenvalue weighted by atomic mass is 35.5. The maximum atomic E-state index is 12.1. The minimum atomic E-state index is -0.898. The lowest BCUT2D eigenvalue weighted by molar-refractivity contribution is -0.123. The lowest BCUT2D eigenvalue weighted by Crippen LogP contribution is -2.24. The Bertz CT molecular complexity index is 1300. The summed E-state index contributed by atoms with van der Waals surface area (Å²) in [4.78, 5) is 25.4. The standard InChI is InChI=1S/C24H23Cl2N3O4S/c1-13-9-15(11-27-28-21(30)12-33-19-8-7-16(25)10-18(19)26)14(2)29(13)23-22(24(31)32)17-5-3-4-6-20(17)34-23/h7-11H,3-6,12H2,1-2H3,(H,28,30)(H,31,32)/b27-11+. The second kappa shape index (κ2) is 10.2. The third kappa shape index (κ3) is 4.99. The molecule has 0 saturated carbocycles. The first-order chi connectivity index (χ1) is 16.3. The van der Waals surface area contributed by atoms with E-state index in [4.69, 9.17) is 27.9 Å². The average Bonchev–Trinajstić information content (AvgIpc) is 3.29. The number of carbonyl (C=O) groups is 2. The number of carboxylic acids is 1. The van der Waals surface area contributed by atoms with Crippen LogP contribution in [0.4, 0.5) is 0 Å². The third-order valence-electron chi connectivity index (χ3n) is 5.69. The Morgan fingerprint density at radius 2 is 2.00 bits per heavy atom. The zero-order chi connectivity index (χ0) is 24.4. The van der Waals surface area contributed by atoms with E-state index < -0.39 is 11.9 Å². The van der Waals surface area contributed by atoms with Crippen molar-refractivity contribution in [3.63, 3.8) is 0 Å². The molecule has 3 aromatic rings. The summed E-state index contributed by atoms with van der Waals surface area (Å²) in [6, 6.07) is 6.65. The summed E-state index contributed by atoms with van der Waals surface area (Å²) in [5.74, 6) is -0.998. The molecule has 4 rings (SSSR count). The Kier molecular flexibility index (Phi) is 7.30. The predicted octanol–water partition coefficient (Wildman–Crippen LogP) is 5.57. The van der Waals surface area contributed by atoms with Gasteiger partial charge in [-0.05, 0) is 69.4 Å². The van der Waals surface area contributed by atoms with E-state index >= 15 is 0 Å². The molecule has 1 aromatic carbocycles. The van der Waals surface area contributed by atoms with Crippen LogP contribution in [-0.4, -0.2) is 34.4 Å². The van der Waals surface area contributed by atoms with Crippen molar-refractivity contribution in [1.82, 2.24) is 9.99 Å². The highest BCUT2D eigenvalue weighted by molar-refractivity contribution is 7.15. The van der Waals surface area contributed by atoms with E-state index in [0.29, 0.717) is 21.4 Å². The zero-order valence-corrected chi connectivity index (χ0v) is 21.0. The number of halogens is 2. The molecule has 0 unspecified atom stereocenters. The number of aromatic carboxylic acids is 1. The SMILES string of the molecule is Cc1cc(/C=N/NC(=O)COc2ccc(Cl)cc2Cl)c(C)n1-c1sc2c(c1C(=O)O)CCCC2. The number of amides is 1. The van der Waals surface area contributed by atoms with Crippen molar-refractivity contribution in [3.8, 4) is 10.8 Å². The van der Waals surface area contributed by atoms with Crippen molar-refractivity contribution in [3.05, 3.63) is 67.3 Å². The van der Waals surface area contributed by atoms with Crippen molar-refractivity contribution >= 4 is 52.6 Å². The Hall–Kier alpha value is -2.81. The van der Waals surface area contributed by atoms with Crippen LogP contribution in [0.2, 0.25) is 10.0 Å². The maximum absolute atomic E-state index is 12.1. The molecular formula is C24H23Cl2N3O4S. The molecule has 1 aliphatic rings. The fraction of sp³-hybridized carbons (Fsp3) is 0.292. The van der Waals surface area contributed by atoms with E-state index in [1.165, 1.54) is 6.07 Å². The predicted molar refractivity (Wildman–Crippen MR) is 134 cm³/mol. The van der Waals surface area contributed by atoms with Gasteiger partial charge in [0.05, 0.1) is 16.8 Å². The first kappa shape index (κ1) is 24.3. The summed E-state index contributed by atoms with van der Waals surface area (Å²) in [6.07, 6.45) is 5.36. The molecule has 0 spiro atoms. The average molecular weight is 520 g/mol. The van der Waals surface area contributed by atoms with Gasteiger partial charge in [-0.3, -0.25) is 4.79 Å². The number of hydrogen-bond acceptors (Lipinski definition) is 5. The van der Waals surface area contributed by atoms with Gasteiger partial charge >= 0.3 is 5.97 Å². The second-order valence-corrected chi connectivity index (χ2v) is 9.94. The molecule has 1 aliphatic carbocycles. The van der Waals surface area contributed by atoms with E-state index in [0.717, 1.165) is 58.1 Å². The van der Waals surface area contributed by atoms with Crippen LogP contribution < -0.4 is 10.2 Å². The van der Waals surface area contributed by atoms with E-state index in [9.17, 15) is 14.7 Å². The van der Waals surface area contributed by atoms with Crippen LogP contribution in [0.5, 0.6) is 5.75 Å². The fourth-order valence-corrected chi connectivity index (χ4v) is 6.06. The molecule has 2 N–H and O–H groups in total. The first-order valence-electron chi connectivity index (χ1n) is 10.7. The van der Waals surface area contributed by atoms with E-state index in [-0.39, 0.29) is 6.61 Å². The topological polar surface area (TPSA) is 92.9 Å². The monoisotopic (exact) mass is 519 g/mol. The lowest BCUT2D eigenvalue weighted by atomic mass is 9.95. The summed E-state index contributed by atoms with van der Waals surface area (Å²) in [6.45, 7) is 3.57. The van der Waals surface area contributed by atoms with Gasteiger partial charge in [0.15, 0.2) is 6.61 Å². The molecule has 0 bridgehead atoms. The minimum Gasteiger partial charge on any atom is -0.482 e. The molecule has 7 nitrogen and oxygen atoms in total. The van der Waals surface area contributed by atoms with Crippen LogP contribution in [0.15, 0.2) is 29.4 Å². The quantitative estimate of drug-likeness (QED) is 0.315. The van der Waals surface area contributed by atoms with E-state index in [1.807, 2.05) is 24.5 Å². The molecule has 0 saturated heterocycles. The highest BCUT2D eigenvalue weighted by Crippen LogP contribution is 2.38. The number of thiophene rings is 1. The fourth-order valence-electron chi connectivity index (χ4n) is 4.10. The van der Waals surface area contributed by atoms with Gasteiger partial charge in [-0.1, -0.05) is 23.2 Å². The second-order valence-electron chi connectivity index (χ2n) is 8.01. The Labute approximate surface area is 211 Å². The number of ether oxygens (including phenoxy) is 1.